The van der Waals surface area contributed by atoms with Crippen LogP contribution in [0.4, 0.5) is 0 Å². The van der Waals surface area contributed by atoms with Crippen molar-refractivity contribution in [2.45, 2.75) is 44.9 Å². The lowest BCUT2D eigenvalue weighted by molar-refractivity contribution is 0.0125. The largest absolute Gasteiger partial charge is 0.486 e. The van der Waals surface area contributed by atoms with Gasteiger partial charge >= 0.3 is 0 Å². The Morgan fingerprint density at radius 3 is 2.67 bits per heavy atom. The maximum absolute atomic E-state index is 6.00. The SMILES string of the molecule is COC(C)(C)CNC1c2ccccc2OC1(C)C. The van der Waals surface area contributed by atoms with Crippen molar-refractivity contribution in [2.75, 3.05) is 13.7 Å². The van der Waals surface area contributed by atoms with Gasteiger partial charge in [0.1, 0.15) is 11.4 Å². The van der Waals surface area contributed by atoms with Gasteiger partial charge in [0, 0.05) is 19.2 Å². The molecule has 0 bridgehead atoms. The van der Waals surface area contributed by atoms with Crippen LogP contribution in [-0.2, 0) is 4.74 Å². The number of rotatable bonds is 4. The third kappa shape index (κ3) is 2.52. The summed E-state index contributed by atoms with van der Waals surface area (Å²) in [5.74, 6) is 0.982. The molecule has 1 atom stereocenters. The Balaban J connectivity index is 2.16. The fourth-order valence-corrected chi connectivity index (χ4v) is 2.30. The van der Waals surface area contributed by atoms with Crippen LogP contribution in [0.3, 0.4) is 0 Å². The molecule has 0 radical (unpaired) electrons. The number of fused-ring (bicyclic) bond motifs is 1. The Kier molecular flexibility index (Phi) is 3.39. The molecule has 0 spiro atoms. The van der Waals surface area contributed by atoms with Crippen molar-refractivity contribution < 1.29 is 9.47 Å². The molecule has 1 heterocycles. The number of benzene rings is 1. The van der Waals surface area contributed by atoms with Crippen LogP contribution in [0.5, 0.6) is 5.75 Å². The van der Waals surface area contributed by atoms with E-state index in [-0.39, 0.29) is 17.2 Å². The standard InChI is InChI=1S/C15H23NO2/c1-14(2,17-5)10-16-13-11-8-6-7-9-12(11)18-15(13,3)4/h6-9,13,16H,10H2,1-5H3. The van der Waals surface area contributed by atoms with E-state index in [4.69, 9.17) is 9.47 Å². The maximum atomic E-state index is 6.00. The van der Waals surface area contributed by atoms with Crippen LogP contribution in [0.15, 0.2) is 24.3 Å². The highest BCUT2D eigenvalue weighted by atomic mass is 16.5. The molecule has 3 nitrogen and oxygen atoms in total. The maximum Gasteiger partial charge on any atom is 0.125 e. The van der Waals surface area contributed by atoms with Gasteiger partial charge in [-0.25, -0.2) is 0 Å². The van der Waals surface area contributed by atoms with Gasteiger partial charge < -0.3 is 14.8 Å². The fraction of sp³-hybridized carbons (Fsp3) is 0.600. The zero-order valence-corrected chi connectivity index (χ0v) is 11.9. The van der Waals surface area contributed by atoms with Crippen LogP contribution in [0.2, 0.25) is 0 Å². The number of ether oxygens (including phenoxy) is 2. The summed E-state index contributed by atoms with van der Waals surface area (Å²) in [6.07, 6.45) is 0. The number of hydrogen-bond acceptors (Lipinski definition) is 3. The summed E-state index contributed by atoms with van der Waals surface area (Å²) in [5, 5.41) is 3.57. The van der Waals surface area contributed by atoms with E-state index in [1.54, 1.807) is 7.11 Å². The normalized spacial score (nSPS) is 21.5. The van der Waals surface area contributed by atoms with Crippen molar-refractivity contribution in [1.29, 1.82) is 0 Å². The van der Waals surface area contributed by atoms with E-state index >= 15 is 0 Å². The number of nitrogens with one attached hydrogen (secondary N) is 1. The molecule has 1 aromatic carbocycles. The molecule has 1 unspecified atom stereocenters. The van der Waals surface area contributed by atoms with Crippen molar-refractivity contribution in [3.63, 3.8) is 0 Å². The molecular weight excluding hydrogens is 226 g/mol. The highest BCUT2D eigenvalue weighted by Crippen LogP contribution is 2.42. The van der Waals surface area contributed by atoms with Gasteiger partial charge in [0.05, 0.1) is 11.6 Å². The first kappa shape index (κ1) is 13.4. The van der Waals surface area contributed by atoms with E-state index < -0.39 is 0 Å². The third-order valence-corrected chi connectivity index (χ3v) is 3.58. The Morgan fingerprint density at radius 2 is 2.00 bits per heavy atom. The second kappa shape index (κ2) is 4.56. The summed E-state index contributed by atoms with van der Waals surface area (Å²) in [6, 6.07) is 8.42. The monoisotopic (exact) mass is 249 g/mol. The quantitative estimate of drug-likeness (QED) is 0.890. The molecule has 1 aromatic rings. The minimum Gasteiger partial charge on any atom is -0.486 e. The zero-order valence-electron chi connectivity index (χ0n) is 11.9. The molecule has 1 aliphatic rings. The van der Waals surface area contributed by atoms with Gasteiger partial charge in [0.15, 0.2) is 0 Å². The molecule has 0 fully saturated rings. The molecule has 0 aliphatic carbocycles. The average molecular weight is 249 g/mol. The molecule has 2 rings (SSSR count). The Hall–Kier alpha value is -1.06. The minimum absolute atomic E-state index is 0.173. The van der Waals surface area contributed by atoms with Crippen LogP contribution in [0, 0.1) is 0 Å². The van der Waals surface area contributed by atoms with Crippen LogP contribution in [-0.4, -0.2) is 24.9 Å². The van der Waals surface area contributed by atoms with E-state index in [1.807, 2.05) is 12.1 Å². The summed E-state index contributed by atoms with van der Waals surface area (Å²) in [4.78, 5) is 0. The van der Waals surface area contributed by atoms with Gasteiger partial charge in [-0.1, -0.05) is 18.2 Å². The highest BCUT2D eigenvalue weighted by Gasteiger charge is 2.41. The van der Waals surface area contributed by atoms with Crippen LogP contribution in [0.1, 0.15) is 39.3 Å². The Morgan fingerprint density at radius 1 is 1.33 bits per heavy atom. The van der Waals surface area contributed by atoms with E-state index in [1.165, 1.54) is 5.56 Å². The van der Waals surface area contributed by atoms with Crippen molar-refractivity contribution in [2.24, 2.45) is 0 Å². The summed E-state index contributed by atoms with van der Waals surface area (Å²) in [6.45, 7) is 9.17. The van der Waals surface area contributed by atoms with Gasteiger partial charge in [0.25, 0.3) is 0 Å². The fourth-order valence-electron chi connectivity index (χ4n) is 2.30. The first-order valence-corrected chi connectivity index (χ1v) is 6.42. The summed E-state index contributed by atoms with van der Waals surface area (Å²) < 4.78 is 11.5. The molecule has 3 heteroatoms. The molecule has 0 saturated carbocycles. The molecular formula is C15H23NO2. The van der Waals surface area contributed by atoms with Crippen molar-refractivity contribution in [3.8, 4) is 5.75 Å². The molecule has 0 amide bonds. The van der Waals surface area contributed by atoms with Gasteiger partial charge in [-0.05, 0) is 33.8 Å². The van der Waals surface area contributed by atoms with E-state index in [0.29, 0.717) is 0 Å². The van der Waals surface area contributed by atoms with Gasteiger partial charge in [-0.3, -0.25) is 0 Å². The third-order valence-electron chi connectivity index (χ3n) is 3.58. The second-order valence-electron chi connectivity index (χ2n) is 6.02. The van der Waals surface area contributed by atoms with Crippen molar-refractivity contribution in [1.82, 2.24) is 5.32 Å². The predicted octanol–water partition coefficient (Wildman–Crippen LogP) is 2.91. The smallest absolute Gasteiger partial charge is 0.125 e. The van der Waals surface area contributed by atoms with E-state index in [0.717, 1.165) is 12.3 Å². The van der Waals surface area contributed by atoms with Gasteiger partial charge in [-0.15, -0.1) is 0 Å². The molecule has 18 heavy (non-hydrogen) atoms. The minimum atomic E-state index is -0.229. The van der Waals surface area contributed by atoms with E-state index in [9.17, 15) is 0 Å². The summed E-state index contributed by atoms with van der Waals surface area (Å²) >= 11 is 0. The van der Waals surface area contributed by atoms with Crippen molar-refractivity contribution in [3.05, 3.63) is 29.8 Å². The van der Waals surface area contributed by atoms with Crippen LogP contribution < -0.4 is 10.1 Å². The second-order valence-corrected chi connectivity index (χ2v) is 6.02. The lowest BCUT2D eigenvalue weighted by atomic mass is 9.94. The molecule has 0 aromatic heterocycles. The predicted molar refractivity (Wildman–Crippen MR) is 73.0 cm³/mol. The lowest BCUT2D eigenvalue weighted by Gasteiger charge is -2.31. The first-order chi connectivity index (χ1) is 8.36. The summed E-state index contributed by atoms with van der Waals surface area (Å²) in [7, 11) is 1.74. The lowest BCUT2D eigenvalue weighted by Crippen LogP contribution is -2.45. The Labute approximate surface area is 109 Å². The first-order valence-electron chi connectivity index (χ1n) is 6.42. The zero-order chi connectivity index (χ0) is 13.4. The molecule has 1 N–H and O–H groups in total. The van der Waals surface area contributed by atoms with E-state index in [2.05, 4.69) is 45.1 Å². The topological polar surface area (TPSA) is 30.5 Å². The van der Waals surface area contributed by atoms with Crippen LogP contribution >= 0.6 is 0 Å². The van der Waals surface area contributed by atoms with Crippen molar-refractivity contribution >= 4 is 0 Å². The number of para-hydroxylation sites is 1. The van der Waals surface area contributed by atoms with Gasteiger partial charge in [0.2, 0.25) is 0 Å². The van der Waals surface area contributed by atoms with Gasteiger partial charge in [-0.2, -0.15) is 0 Å². The molecule has 100 valence electrons. The average Bonchev–Trinajstić information content (AvgIpc) is 2.56. The van der Waals surface area contributed by atoms with Crippen LogP contribution in [0.25, 0.3) is 0 Å². The number of hydrogen-bond donors (Lipinski definition) is 1. The molecule has 1 aliphatic heterocycles. The highest BCUT2D eigenvalue weighted by molar-refractivity contribution is 5.42. The summed E-state index contributed by atoms with van der Waals surface area (Å²) in [5.41, 5.74) is 0.829. The molecule has 0 saturated heterocycles. The Bertz CT molecular complexity index is 426. The number of methoxy groups -OCH3 is 1.